The van der Waals surface area contributed by atoms with E-state index >= 15 is 0 Å². The van der Waals surface area contributed by atoms with Gasteiger partial charge in [0.25, 0.3) is 0 Å². The summed E-state index contributed by atoms with van der Waals surface area (Å²) in [5, 5.41) is 7.64. The van der Waals surface area contributed by atoms with Crippen LogP contribution in [0.4, 0.5) is 5.69 Å². The highest BCUT2D eigenvalue weighted by atomic mass is 35.5. The van der Waals surface area contributed by atoms with Crippen LogP contribution in [0.15, 0.2) is 65.8 Å². The summed E-state index contributed by atoms with van der Waals surface area (Å²) in [5.41, 5.74) is 4.80. The number of fused-ring (bicyclic) bond motifs is 1. The van der Waals surface area contributed by atoms with Gasteiger partial charge in [0, 0.05) is 5.56 Å². The van der Waals surface area contributed by atoms with Crippen LogP contribution in [-0.2, 0) is 0 Å². The van der Waals surface area contributed by atoms with E-state index in [-0.39, 0.29) is 0 Å². The third-order valence-electron chi connectivity index (χ3n) is 3.14. The van der Waals surface area contributed by atoms with Gasteiger partial charge in [0.1, 0.15) is 0 Å². The molecule has 0 aromatic heterocycles. The Balaban J connectivity index is 1.83. The fourth-order valence-electron chi connectivity index (χ4n) is 2.11. The molecule has 0 aliphatic heterocycles. The van der Waals surface area contributed by atoms with Crippen LogP contribution in [0.1, 0.15) is 5.56 Å². The van der Waals surface area contributed by atoms with Crippen LogP contribution in [0.5, 0.6) is 0 Å². The van der Waals surface area contributed by atoms with Gasteiger partial charge in [-0.3, -0.25) is 5.43 Å². The zero-order chi connectivity index (χ0) is 14.7. The van der Waals surface area contributed by atoms with Crippen LogP contribution in [-0.4, -0.2) is 6.21 Å². The minimum absolute atomic E-state index is 0.502. The zero-order valence-corrected chi connectivity index (χ0v) is 12.6. The molecular weight excluding hydrogens is 303 g/mol. The summed E-state index contributed by atoms with van der Waals surface area (Å²) in [6.07, 6.45) is 1.80. The quantitative estimate of drug-likeness (QED) is 0.494. The van der Waals surface area contributed by atoms with E-state index < -0.39 is 0 Å². The third kappa shape index (κ3) is 3.18. The van der Waals surface area contributed by atoms with Gasteiger partial charge in [0.15, 0.2) is 0 Å². The Hall–Kier alpha value is -2.03. The number of anilines is 1. The fraction of sp³-hybridized carbons (Fsp3) is 0. The van der Waals surface area contributed by atoms with Crippen molar-refractivity contribution in [2.24, 2.45) is 5.10 Å². The van der Waals surface area contributed by atoms with Crippen molar-refractivity contribution in [1.29, 1.82) is 0 Å². The Morgan fingerprint density at radius 1 is 0.857 bits per heavy atom. The molecule has 0 saturated carbocycles. The predicted molar refractivity (Wildman–Crippen MR) is 91.6 cm³/mol. The molecule has 2 nitrogen and oxygen atoms in total. The van der Waals surface area contributed by atoms with Crippen molar-refractivity contribution in [2.45, 2.75) is 0 Å². The standard InChI is InChI=1S/C17H12Cl2N2/c18-16-9-8-14(10-17(16)19)21-20-11-13-6-3-5-12-4-1-2-7-15(12)13/h1-11,21H/b20-11+. The SMILES string of the molecule is Clc1ccc(N/N=C/c2cccc3ccccc23)cc1Cl. The second kappa shape index (κ2) is 6.17. The third-order valence-corrected chi connectivity index (χ3v) is 3.88. The minimum atomic E-state index is 0.502. The maximum atomic E-state index is 5.96. The molecule has 0 unspecified atom stereocenters. The van der Waals surface area contributed by atoms with E-state index in [9.17, 15) is 0 Å². The molecule has 0 bridgehead atoms. The van der Waals surface area contributed by atoms with Crippen molar-refractivity contribution in [3.8, 4) is 0 Å². The van der Waals surface area contributed by atoms with E-state index in [1.54, 1.807) is 18.3 Å². The lowest BCUT2D eigenvalue weighted by Crippen LogP contribution is -1.91. The molecule has 3 aromatic carbocycles. The van der Waals surface area contributed by atoms with Crippen LogP contribution in [0.25, 0.3) is 10.8 Å². The highest BCUT2D eigenvalue weighted by Crippen LogP contribution is 2.25. The van der Waals surface area contributed by atoms with Gasteiger partial charge in [-0.25, -0.2) is 0 Å². The summed E-state index contributed by atoms with van der Waals surface area (Å²) < 4.78 is 0. The molecular formula is C17H12Cl2N2. The van der Waals surface area contributed by atoms with E-state index in [4.69, 9.17) is 23.2 Å². The van der Waals surface area contributed by atoms with Crippen molar-refractivity contribution < 1.29 is 0 Å². The number of halogens is 2. The van der Waals surface area contributed by atoms with Gasteiger partial charge < -0.3 is 0 Å². The lowest BCUT2D eigenvalue weighted by atomic mass is 10.1. The van der Waals surface area contributed by atoms with Gasteiger partial charge in [-0.1, -0.05) is 65.7 Å². The number of nitrogens with one attached hydrogen (secondary N) is 1. The Morgan fingerprint density at radius 3 is 2.52 bits per heavy atom. The average molecular weight is 315 g/mol. The van der Waals surface area contributed by atoms with Crippen molar-refractivity contribution in [2.75, 3.05) is 5.43 Å². The molecule has 0 heterocycles. The summed E-state index contributed by atoms with van der Waals surface area (Å²) in [7, 11) is 0. The molecule has 0 spiro atoms. The maximum Gasteiger partial charge on any atom is 0.0613 e. The van der Waals surface area contributed by atoms with Gasteiger partial charge in [-0.15, -0.1) is 0 Å². The largest absolute Gasteiger partial charge is 0.278 e. The number of rotatable bonds is 3. The van der Waals surface area contributed by atoms with Crippen molar-refractivity contribution in [1.82, 2.24) is 0 Å². The molecule has 0 aliphatic carbocycles. The molecule has 0 saturated heterocycles. The molecule has 0 amide bonds. The lowest BCUT2D eigenvalue weighted by Gasteiger charge is -2.03. The van der Waals surface area contributed by atoms with Crippen LogP contribution in [0.2, 0.25) is 10.0 Å². The van der Waals surface area contributed by atoms with Crippen LogP contribution >= 0.6 is 23.2 Å². The maximum absolute atomic E-state index is 5.96. The van der Waals surface area contributed by atoms with Gasteiger partial charge in [-0.2, -0.15) is 5.10 Å². The highest BCUT2D eigenvalue weighted by Gasteiger charge is 1.99. The molecule has 4 heteroatoms. The lowest BCUT2D eigenvalue weighted by molar-refractivity contribution is 1.35. The fourth-order valence-corrected chi connectivity index (χ4v) is 2.40. The zero-order valence-electron chi connectivity index (χ0n) is 11.1. The number of hydrogen-bond acceptors (Lipinski definition) is 2. The molecule has 3 aromatic rings. The molecule has 0 atom stereocenters. The van der Waals surface area contributed by atoms with Crippen molar-refractivity contribution in [3.63, 3.8) is 0 Å². The van der Waals surface area contributed by atoms with Crippen LogP contribution in [0, 0.1) is 0 Å². The smallest absolute Gasteiger partial charge is 0.0613 e. The first-order valence-electron chi connectivity index (χ1n) is 6.46. The Kier molecular flexibility index (Phi) is 4.09. The first-order valence-corrected chi connectivity index (χ1v) is 7.21. The van der Waals surface area contributed by atoms with Crippen molar-refractivity contribution in [3.05, 3.63) is 76.3 Å². The van der Waals surface area contributed by atoms with Gasteiger partial charge in [0.2, 0.25) is 0 Å². The highest BCUT2D eigenvalue weighted by molar-refractivity contribution is 6.42. The molecule has 0 aliphatic rings. The van der Waals surface area contributed by atoms with Gasteiger partial charge >= 0.3 is 0 Å². The summed E-state index contributed by atoms with van der Waals surface area (Å²) in [6, 6.07) is 19.6. The molecule has 0 radical (unpaired) electrons. The monoisotopic (exact) mass is 314 g/mol. The minimum Gasteiger partial charge on any atom is -0.278 e. The first kappa shape index (κ1) is 13.9. The molecule has 3 rings (SSSR count). The predicted octanol–water partition coefficient (Wildman–Crippen LogP) is 5.59. The number of nitrogens with zero attached hydrogens (tertiary/aromatic N) is 1. The van der Waals surface area contributed by atoms with E-state index in [1.807, 2.05) is 30.3 Å². The van der Waals surface area contributed by atoms with Crippen molar-refractivity contribution >= 4 is 45.9 Å². The van der Waals surface area contributed by atoms with E-state index in [0.29, 0.717) is 10.0 Å². The second-order valence-electron chi connectivity index (χ2n) is 4.57. The normalized spacial score (nSPS) is 11.1. The number of hydrazone groups is 1. The molecule has 104 valence electrons. The van der Waals surface area contributed by atoms with Gasteiger partial charge in [0.05, 0.1) is 21.9 Å². The van der Waals surface area contributed by atoms with E-state index in [2.05, 4.69) is 28.7 Å². The Bertz CT molecular complexity index is 807. The summed E-state index contributed by atoms with van der Waals surface area (Å²) in [6.45, 7) is 0. The van der Waals surface area contributed by atoms with Crippen LogP contribution < -0.4 is 5.43 Å². The summed E-state index contributed by atoms with van der Waals surface area (Å²) in [4.78, 5) is 0. The summed E-state index contributed by atoms with van der Waals surface area (Å²) in [5.74, 6) is 0. The Labute approximate surface area is 133 Å². The average Bonchev–Trinajstić information content (AvgIpc) is 2.51. The molecule has 21 heavy (non-hydrogen) atoms. The summed E-state index contributed by atoms with van der Waals surface area (Å²) >= 11 is 11.8. The first-order chi connectivity index (χ1) is 10.2. The Morgan fingerprint density at radius 2 is 1.67 bits per heavy atom. The molecule has 1 N–H and O–H groups in total. The second-order valence-corrected chi connectivity index (χ2v) is 5.38. The topological polar surface area (TPSA) is 24.4 Å². The van der Waals surface area contributed by atoms with Gasteiger partial charge in [-0.05, 0) is 29.0 Å². The number of hydrogen-bond donors (Lipinski definition) is 1. The molecule has 0 fully saturated rings. The van der Waals surface area contributed by atoms with Crippen LogP contribution in [0.3, 0.4) is 0 Å². The van der Waals surface area contributed by atoms with E-state index in [1.165, 1.54) is 10.8 Å². The van der Waals surface area contributed by atoms with E-state index in [0.717, 1.165) is 11.3 Å². The number of benzene rings is 3.